The first kappa shape index (κ1) is 22.9. The molecule has 176 valence electrons. The Labute approximate surface area is 189 Å². The van der Waals surface area contributed by atoms with Crippen LogP contribution in [0.25, 0.3) is 0 Å². The van der Waals surface area contributed by atoms with Crippen LogP contribution in [-0.2, 0) is 9.59 Å². The number of alkyl halides is 2. The van der Waals surface area contributed by atoms with Crippen LogP contribution in [0.3, 0.4) is 0 Å². The van der Waals surface area contributed by atoms with Crippen molar-refractivity contribution in [3.8, 4) is 11.5 Å². The number of likely N-dealkylation sites (tertiary alicyclic amines) is 1. The lowest BCUT2D eigenvalue weighted by Crippen LogP contribution is -2.42. The number of carbonyl (C=O) groups excluding carboxylic acids is 2. The van der Waals surface area contributed by atoms with E-state index >= 15 is 0 Å². The number of halogens is 3. The van der Waals surface area contributed by atoms with Gasteiger partial charge in [0.15, 0.2) is 11.5 Å². The van der Waals surface area contributed by atoms with Crippen LogP contribution in [0.1, 0.15) is 37.7 Å². The van der Waals surface area contributed by atoms with Gasteiger partial charge in [-0.25, -0.2) is 4.39 Å². The Kier molecular flexibility index (Phi) is 6.76. The van der Waals surface area contributed by atoms with E-state index in [1.807, 2.05) is 0 Å². The van der Waals surface area contributed by atoms with E-state index in [2.05, 4.69) is 10.1 Å². The molecule has 2 aromatic rings. The number of nitrogens with zero attached hydrogens (tertiary/aromatic N) is 1. The molecule has 9 heteroatoms. The van der Waals surface area contributed by atoms with E-state index in [0.717, 1.165) is 18.4 Å². The Balaban J connectivity index is 1.45. The van der Waals surface area contributed by atoms with E-state index in [9.17, 15) is 22.8 Å². The maximum Gasteiger partial charge on any atom is 0.387 e. The van der Waals surface area contributed by atoms with Crippen LogP contribution in [0.2, 0.25) is 0 Å². The highest BCUT2D eigenvalue weighted by Crippen LogP contribution is 2.38. The number of rotatable bonds is 9. The summed E-state index contributed by atoms with van der Waals surface area (Å²) in [7, 11) is 0. The summed E-state index contributed by atoms with van der Waals surface area (Å²) in [6.45, 7) is -0.650. The van der Waals surface area contributed by atoms with Gasteiger partial charge >= 0.3 is 6.61 Å². The van der Waals surface area contributed by atoms with Crippen LogP contribution in [0.5, 0.6) is 11.5 Å². The Morgan fingerprint density at radius 1 is 1.18 bits per heavy atom. The van der Waals surface area contributed by atoms with Gasteiger partial charge in [0.1, 0.15) is 11.9 Å². The van der Waals surface area contributed by atoms with Crippen molar-refractivity contribution in [2.24, 2.45) is 5.92 Å². The largest absolute Gasteiger partial charge is 0.489 e. The summed E-state index contributed by atoms with van der Waals surface area (Å²) in [6, 6.07) is 9.46. The number of ether oxygens (including phenoxy) is 2. The molecule has 33 heavy (non-hydrogen) atoms. The lowest BCUT2D eigenvalue weighted by Gasteiger charge is -2.24. The van der Waals surface area contributed by atoms with Gasteiger partial charge in [-0.05, 0) is 61.6 Å². The molecule has 0 aromatic heterocycles. The van der Waals surface area contributed by atoms with E-state index in [4.69, 9.17) is 4.74 Å². The molecule has 1 N–H and O–H groups in total. The summed E-state index contributed by atoms with van der Waals surface area (Å²) in [6.07, 6.45) is 2.27. The number of benzene rings is 2. The minimum absolute atomic E-state index is 0.0431. The Morgan fingerprint density at radius 2 is 1.97 bits per heavy atom. The summed E-state index contributed by atoms with van der Waals surface area (Å²) >= 11 is 0. The van der Waals surface area contributed by atoms with Gasteiger partial charge in [-0.2, -0.15) is 8.78 Å². The zero-order valence-corrected chi connectivity index (χ0v) is 18.1. The summed E-state index contributed by atoms with van der Waals surface area (Å²) < 4.78 is 49.2. The Bertz CT molecular complexity index is 1030. The van der Waals surface area contributed by atoms with Gasteiger partial charge in [0.2, 0.25) is 11.8 Å². The third kappa shape index (κ3) is 5.77. The number of anilines is 1. The highest BCUT2D eigenvalue weighted by Gasteiger charge is 2.36. The van der Waals surface area contributed by atoms with Crippen molar-refractivity contribution in [2.45, 2.75) is 44.8 Å². The molecule has 2 fully saturated rings. The first-order valence-corrected chi connectivity index (χ1v) is 10.9. The molecular formula is C24H25F3N2O4. The average molecular weight is 462 g/mol. The first-order chi connectivity index (χ1) is 15.8. The molecule has 1 aliphatic carbocycles. The van der Waals surface area contributed by atoms with Crippen LogP contribution in [-0.4, -0.2) is 42.5 Å². The van der Waals surface area contributed by atoms with Crippen LogP contribution in [0, 0.1) is 11.7 Å². The number of nitrogens with one attached hydrogen (secondary N) is 1. The van der Waals surface area contributed by atoms with Gasteiger partial charge in [-0.15, -0.1) is 0 Å². The predicted molar refractivity (Wildman–Crippen MR) is 115 cm³/mol. The predicted octanol–water partition coefficient (Wildman–Crippen LogP) is 4.56. The lowest BCUT2D eigenvalue weighted by molar-refractivity contribution is -0.134. The van der Waals surface area contributed by atoms with E-state index in [1.165, 1.54) is 29.2 Å². The molecule has 4 rings (SSSR count). The van der Waals surface area contributed by atoms with Crippen LogP contribution < -0.4 is 14.8 Å². The summed E-state index contributed by atoms with van der Waals surface area (Å²) in [5.74, 6) is -0.725. The fourth-order valence-corrected chi connectivity index (χ4v) is 3.86. The third-order valence-electron chi connectivity index (χ3n) is 5.92. The average Bonchev–Trinajstić information content (AvgIpc) is 3.52. The van der Waals surface area contributed by atoms with Crippen molar-refractivity contribution < 1.29 is 32.2 Å². The van der Waals surface area contributed by atoms with Gasteiger partial charge in [0.25, 0.3) is 0 Å². The fourth-order valence-electron chi connectivity index (χ4n) is 3.86. The second kappa shape index (κ2) is 9.72. The zero-order valence-electron chi connectivity index (χ0n) is 18.1. The monoisotopic (exact) mass is 462 g/mol. The topological polar surface area (TPSA) is 67.9 Å². The molecule has 2 atom stereocenters. The van der Waals surface area contributed by atoms with Crippen LogP contribution >= 0.6 is 0 Å². The Morgan fingerprint density at radius 3 is 2.67 bits per heavy atom. The van der Waals surface area contributed by atoms with E-state index in [-0.39, 0.29) is 36.3 Å². The zero-order chi connectivity index (χ0) is 23.5. The van der Waals surface area contributed by atoms with E-state index < -0.39 is 24.4 Å². The first-order valence-electron chi connectivity index (χ1n) is 10.9. The summed E-state index contributed by atoms with van der Waals surface area (Å²) in [5, 5.41) is 2.62. The van der Waals surface area contributed by atoms with Crippen molar-refractivity contribution in [2.75, 3.05) is 18.5 Å². The molecule has 2 aliphatic rings. The van der Waals surface area contributed by atoms with Gasteiger partial charge < -0.3 is 19.7 Å². The molecule has 2 amide bonds. The number of hydrogen-bond donors (Lipinski definition) is 1. The second-order valence-electron chi connectivity index (χ2n) is 8.46. The maximum absolute atomic E-state index is 13.4. The normalized spacial score (nSPS) is 19.0. The summed E-state index contributed by atoms with van der Waals surface area (Å²) in [5.41, 5.74) is 1.05. The van der Waals surface area contributed by atoms with Crippen LogP contribution in [0.4, 0.5) is 18.9 Å². The molecule has 1 saturated carbocycles. The molecule has 2 unspecified atom stereocenters. The summed E-state index contributed by atoms with van der Waals surface area (Å²) in [4.78, 5) is 26.7. The minimum Gasteiger partial charge on any atom is -0.489 e. The highest BCUT2D eigenvalue weighted by atomic mass is 19.3. The van der Waals surface area contributed by atoms with Crippen molar-refractivity contribution in [1.82, 2.24) is 4.90 Å². The number of carbonyl (C=O) groups is 2. The number of hydrogen-bond acceptors (Lipinski definition) is 4. The molecule has 0 spiro atoms. The van der Waals surface area contributed by atoms with Crippen molar-refractivity contribution >= 4 is 17.5 Å². The molecule has 6 nitrogen and oxygen atoms in total. The van der Waals surface area contributed by atoms with Gasteiger partial charge in [0.05, 0.1) is 6.61 Å². The molecule has 0 bridgehead atoms. The van der Waals surface area contributed by atoms with Crippen molar-refractivity contribution in [1.29, 1.82) is 0 Å². The van der Waals surface area contributed by atoms with Gasteiger partial charge in [-0.1, -0.05) is 12.1 Å². The van der Waals surface area contributed by atoms with Gasteiger partial charge in [0, 0.05) is 24.6 Å². The molecule has 1 saturated heterocycles. The van der Waals surface area contributed by atoms with Crippen molar-refractivity contribution in [3.63, 3.8) is 0 Å². The Hall–Kier alpha value is -3.23. The van der Waals surface area contributed by atoms with Crippen molar-refractivity contribution in [3.05, 3.63) is 53.8 Å². The molecule has 0 radical (unpaired) electrons. The number of amides is 2. The quantitative estimate of drug-likeness (QED) is 0.593. The molecule has 2 aromatic carbocycles. The highest BCUT2D eigenvalue weighted by molar-refractivity contribution is 5.97. The van der Waals surface area contributed by atoms with Crippen LogP contribution in [0.15, 0.2) is 42.5 Å². The fraction of sp³-hybridized carbons (Fsp3) is 0.417. The standard InChI is InChI=1S/C24H25F3N2O4/c1-14(23(31)28-19-4-2-3-18(25)11-19)29-12-17(10-22(29)30)16-7-8-20(33-24(26)27)21(9-16)32-13-15-5-6-15/h2-4,7-9,11,14-15,17,24H,5-6,10,12-13H2,1H3,(H,28,31). The third-order valence-corrected chi connectivity index (χ3v) is 5.92. The molecule has 1 heterocycles. The second-order valence-corrected chi connectivity index (χ2v) is 8.46. The SMILES string of the molecule is CC(C(=O)Nc1cccc(F)c1)N1CC(c2ccc(OC(F)F)c(OCC3CC3)c2)CC1=O. The molecular weight excluding hydrogens is 437 g/mol. The van der Waals surface area contributed by atoms with E-state index in [1.54, 1.807) is 25.1 Å². The van der Waals surface area contributed by atoms with E-state index in [0.29, 0.717) is 18.2 Å². The minimum atomic E-state index is -2.97. The lowest BCUT2D eigenvalue weighted by atomic mass is 9.98. The van der Waals surface area contributed by atoms with Gasteiger partial charge in [-0.3, -0.25) is 9.59 Å². The molecule has 1 aliphatic heterocycles. The maximum atomic E-state index is 13.4. The smallest absolute Gasteiger partial charge is 0.387 e.